The zero-order valence-corrected chi connectivity index (χ0v) is 16.2. The number of halogens is 1. The van der Waals surface area contributed by atoms with Gasteiger partial charge in [-0.05, 0) is 48.5 Å². The van der Waals surface area contributed by atoms with Crippen LogP contribution in [0.25, 0.3) is 0 Å². The standard InChI is InChI=1S/C20H19FN4O3S/c21-14-7-9-15(10-8-14)24-19(28)16(12-17(22)26)25(20(24)29)23-18(27)11-6-13-4-2-1-3-5-13/h1-5,7-10,16H,6,11-12H2,(H2,22,26)(H,23,27). The monoisotopic (exact) mass is 414 g/mol. The molecule has 150 valence electrons. The summed E-state index contributed by atoms with van der Waals surface area (Å²) in [5.74, 6) is -2.06. The Bertz CT molecular complexity index is 937. The second-order valence-corrected chi connectivity index (χ2v) is 6.87. The number of anilines is 1. The molecule has 1 saturated heterocycles. The predicted molar refractivity (Wildman–Crippen MR) is 109 cm³/mol. The lowest BCUT2D eigenvalue weighted by Gasteiger charge is -2.24. The van der Waals surface area contributed by atoms with Gasteiger partial charge in [-0.25, -0.2) is 9.40 Å². The minimum atomic E-state index is -1.06. The lowest BCUT2D eigenvalue weighted by atomic mass is 10.1. The van der Waals surface area contributed by atoms with Gasteiger partial charge in [0.25, 0.3) is 5.91 Å². The van der Waals surface area contributed by atoms with Crippen molar-refractivity contribution in [2.75, 3.05) is 4.90 Å². The van der Waals surface area contributed by atoms with E-state index in [0.717, 1.165) is 10.5 Å². The van der Waals surface area contributed by atoms with Gasteiger partial charge in [0.05, 0.1) is 12.1 Å². The predicted octanol–water partition coefficient (Wildman–Crippen LogP) is 1.67. The van der Waals surface area contributed by atoms with Crippen molar-refractivity contribution in [3.05, 3.63) is 66.0 Å². The Labute approximate surface area is 172 Å². The number of thiocarbonyl (C=S) groups is 1. The van der Waals surface area contributed by atoms with Crippen molar-refractivity contribution in [1.29, 1.82) is 0 Å². The van der Waals surface area contributed by atoms with E-state index in [0.29, 0.717) is 12.1 Å². The van der Waals surface area contributed by atoms with Gasteiger partial charge in [0.2, 0.25) is 16.9 Å². The molecule has 2 aromatic rings. The molecule has 9 heteroatoms. The topological polar surface area (TPSA) is 95.7 Å². The summed E-state index contributed by atoms with van der Waals surface area (Å²) in [4.78, 5) is 37.9. The van der Waals surface area contributed by atoms with Gasteiger partial charge >= 0.3 is 0 Å². The number of hydrogen-bond acceptors (Lipinski definition) is 4. The Morgan fingerprint density at radius 3 is 2.38 bits per heavy atom. The number of benzene rings is 2. The van der Waals surface area contributed by atoms with Gasteiger partial charge in [-0.2, -0.15) is 0 Å². The summed E-state index contributed by atoms with van der Waals surface area (Å²) in [5, 5.41) is 1.17. The molecule has 0 radical (unpaired) electrons. The number of hydrogen-bond donors (Lipinski definition) is 2. The molecule has 3 amide bonds. The molecule has 0 aliphatic carbocycles. The van der Waals surface area contributed by atoms with E-state index in [1.807, 2.05) is 30.3 Å². The van der Waals surface area contributed by atoms with Crippen LogP contribution in [0.5, 0.6) is 0 Å². The third-order valence-corrected chi connectivity index (χ3v) is 4.80. The number of amides is 3. The first kappa shape index (κ1) is 20.4. The quantitative estimate of drug-likeness (QED) is 0.672. The average molecular weight is 414 g/mol. The highest BCUT2D eigenvalue weighted by Gasteiger charge is 2.45. The van der Waals surface area contributed by atoms with E-state index in [1.165, 1.54) is 29.3 Å². The van der Waals surface area contributed by atoms with Crippen LogP contribution in [0.15, 0.2) is 54.6 Å². The van der Waals surface area contributed by atoms with Gasteiger partial charge < -0.3 is 5.73 Å². The van der Waals surface area contributed by atoms with Crippen LogP contribution in [-0.4, -0.2) is 33.9 Å². The van der Waals surface area contributed by atoms with Crippen LogP contribution in [0.3, 0.4) is 0 Å². The Balaban J connectivity index is 1.76. The second-order valence-electron chi connectivity index (χ2n) is 6.51. The number of nitrogens with zero attached hydrogens (tertiary/aromatic N) is 2. The minimum Gasteiger partial charge on any atom is -0.370 e. The number of nitrogens with two attached hydrogens (primary N) is 1. The highest BCUT2D eigenvalue weighted by molar-refractivity contribution is 7.80. The highest BCUT2D eigenvalue weighted by Crippen LogP contribution is 2.26. The third-order valence-electron chi connectivity index (χ3n) is 4.42. The molecule has 1 atom stereocenters. The first-order valence-electron chi connectivity index (χ1n) is 8.91. The molecule has 3 N–H and O–H groups in total. The van der Waals surface area contributed by atoms with Crippen molar-refractivity contribution in [2.45, 2.75) is 25.3 Å². The van der Waals surface area contributed by atoms with Gasteiger partial charge in [0.1, 0.15) is 11.9 Å². The largest absolute Gasteiger partial charge is 0.370 e. The maximum atomic E-state index is 13.2. The fourth-order valence-electron chi connectivity index (χ4n) is 3.01. The first-order valence-corrected chi connectivity index (χ1v) is 9.32. The van der Waals surface area contributed by atoms with E-state index in [4.69, 9.17) is 18.0 Å². The Kier molecular flexibility index (Phi) is 6.18. The normalized spacial score (nSPS) is 16.2. The van der Waals surface area contributed by atoms with Crippen molar-refractivity contribution >= 4 is 40.7 Å². The highest BCUT2D eigenvalue weighted by atomic mass is 32.1. The van der Waals surface area contributed by atoms with Crippen LogP contribution in [0, 0.1) is 5.82 Å². The Morgan fingerprint density at radius 1 is 1.10 bits per heavy atom. The average Bonchev–Trinajstić information content (AvgIpc) is 2.92. The van der Waals surface area contributed by atoms with Crippen LogP contribution in [-0.2, 0) is 20.8 Å². The van der Waals surface area contributed by atoms with Crippen LogP contribution in [0.2, 0.25) is 0 Å². The first-order chi connectivity index (χ1) is 13.9. The molecule has 0 spiro atoms. The van der Waals surface area contributed by atoms with E-state index in [2.05, 4.69) is 5.43 Å². The van der Waals surface area contributed by atoms with Crippen molar-refractivity contribution in [2.24, 2.45) is 5.73 Å². The number of carbonyl (C=O) groups excluding carboxylic acids is 3. The van der Waals surface area contributed by atoms with Crippen molar-refractivity contribution in [1.82, 2.24) is 10.4 Å². The molecular weight excluding hydrogens is 395 g/mol. The Morgan fingerprint density at radius 2 is 1.76 bits per heavy atom. The zero-order chi connectivity index (χ0) is 21.0. The summed E-state index contributed by atoms with van der Waals surface area (Å²) in [7, 11) is 0. The number of rotatable bonds is 7. The summed E-state index contributed by atoms with van der Waals surface area (Å²) in [6.45, 7) is 0. The maximum Gasteiger partial charge on any atom is 0.258 e. The number of primary amides is 1. The molecular formula is C20H19FN4O3S. The molecule has 1 fully saturated rings. The molecule has 0 aromatic heterocycles. The summed E-state index contributed by atoms with van der Waals surface area (Å²) < 4.78 is 13.2. The van der Waals surface area contributed by atoms with Crippen molar-refractivity contribution < 1.29 is 18.8 Å². The smallest absolute Gasteiger partial charge is 0.258 e. The number of aryl methyl sites for hydroxylation is 1. The summed E-state index contributed by atoms with van der Waals surface area (Å²) in [5.41, 5.74) is 9.20. The van der Waals surface area contributed by atoms with E-state index >= 15 is 0 Å². The third kappa shape index (κ3) is 4.75. The fourth-order valence-corrected chi connectivity index (χ4v) is 3.38. The van der Waals surface area contributed by atoms with Crippen LogP contribution in [0.4, 0.5) is 10.1 Å². The minimum absolute atomic E-state index is 0.0130. The van der Waals surface area contributed by atoms with Crippen LogP contribution < -0.4 is 16.1 Å². The van der Waals surface area contributed by atoms with E-state index in [-0.39, 0.29) is 23.9 Å². The number of carbonyl (C=O) groups is 3. The summed E-state index contributed by atoms with van der Waals surface area (Å²) in [6, 6.07) is 13.6. The van der Waals surface area contributed by atoms with Crippen molar-refractivity contribution in [3.63, 3.8) is 0 Å². The molecule has 1 unspecified atom stereocenters. The molecule has 29 heavy (non-hydrogen) atoms. The Hall–Kier alpha value is -3.33. The van der Waals surface area contributed by atoms with Gasteiger partial charge in [0.15, 0.2) is 0 Å². The van der Waals surface area contributed by atoms with Gasteiger partial charge in [0, 0.05) is 6.42 Å². The zero-order valence-electron chi connectivity index (χ0n) is 15.4. The lowest BCUT2D eigenvalue weighted by molar-refractivity contribution is -0.129. The second kappa shape index (κ2) is 8.78. The summed E-state index contributed by atoms with van der Waals surface area (Å²) in [6.07, 6.45) is 0.343. The lowest BCUT2D eigenvalue weighted by Crippen LogP contribution is -2.49. The van der Waals surface area contributed by atoms with Gasteiger partial charge in [-0.3, -0.25) is 24.7 Å². The number of hydrazine groups is 1. The fraction of sp³-hybridized carbons (Fsp3) is 0.200. The molecule has 1 aliphatic rings. The van der Waals surface area contributed by atoms with Crippen LogP contribution in [0.1, 0.15) is 18.4 Å². The number of nitrogens with one attached hydrogen (secondary N) is 1. The molecule has 1 aliphatic heterocycles. The van der Waals surface area contributed by atoms with E-state index in [9.17, 15) is 18.8 Å². The van der Waals surface area contributed by atoms with Gasteiger partial charge in [-0.1, -0.05) is 30.3 Å². The van der Waals surface area contributed by atoms with Crippen LogP contribution >= 0.6 is 12.2 Å². The SMILES string of the molecule is NC(=O)CC1C(=O)N(c2ccc(F)cc2)C(=S)N1NC(=O)CCc1ccccc1. The maximum absolute atomic E-state index is 13.2. The molecule has 0 saturated carbocycles. The molecule has 1 heterocycles. The molecule has 0 bridgehead atoms. The van der Waals surface area contributed by atoms with E-state index < -0.39 is 23.7 Å². The summed E-state index contributed by atoms with van der Waals surface area (Å²) >= 11 is 5.35. The van der Waals surface area contributed by atoms with Gasteiger partial charge in [-0.15, -0.1) is 0 Å². The molecule has 3 rings (SSSR count). The van der Waals surface area contributed by atoms with E-state index in [1.54, 1.807) is 0 Å². The van der Waals surface area contributed by atoms with Crippen molar-refractivity contribution in [3.8, 4) is 0 Å². The molecule has 7 nitrogen and oxygen atoms in total. The molecule has 2 aromatic carbocycles.